The highest BCUT2D eigenvalue weighted by atomic mass is 127. The van der Waals surface area contributed by atoms with Crippen LogP contribution in [0.5, 0.6) is 5.75 Å². The summed E-state index contributed by atoms with van der Waals surface area (Å²) in [7, 11) is 0. The average Bonchev–Trinajstić information content (AvgIpc) is 2.15. The van der Waals surface area contributed by atoms with Crippen molar-refractivity contribution < 1.29 is 8.17 Å². The third-order valence-corrected chi connectivity index (χ3v) is 2.16. The third kappa shape index (κ3) is 2.98. The van der Waals surface area contributed by atoms with Crippen molar-refractivity contribution in [2.45, 2.75) is 12.8 Å². The summed E-state index contributed by atoms with van der Waals surface area (Å²) in [5.74, 6) is 0.880. The zero-order chi connectivity index (χ0) is 8.81. The molecule has 2 N–H and O–H groups in total. The van der Waals surface area contributed by atoms with E-state index in [1.807, 2.05) is 47.3 Å². The van der Waals surface area contributed by atoms with Crippen molar-refractivity contribution in [2.24, 2.45) is 0 Å². The third-order valence-electron chi connectivity index (χ3n) is 1.65. The lowest BCUT2D eigenvalue weighted by atomic mass is 10.1. The molecule has 0 bridgehead atoms. The normalized spacial score (nSPS) is 9.83. The summed E-state index contributed by atoms with van der Waals surface area (Å²) >= 11 is 1.86. The first-order valence-electron chi connectivity index (χ1n) is 3.89. The van der Waals surface area contributed by atoms with Crippen LogP contribution in [-0.2, 0) is 6.42 Å². The summed E-state index contributed by atoms with van der Waals surface area (Å²) in [4.78, 5) is 0. The van der Waals surface area contributed by atoms with Crippen LogP contribution in [0.15, 0.2) is 24.3 Å². The lowest BCUT2D eigenvalue weighted by Crippen LogP contribution is -1.88. The molecule has 0 saturated heterocycles. The molecule has 1 aromatic carbocycles. The van der Waals surface area contributed by atoms with E-state index in [0.29, 0.717) is 6.61 Å². The zero-order valence-corrected chi connectivity index (χ0v) is 8.87. The van der Waals surface area contributed by atoms with E-state index in [2.05, 4.69) is 0 Å². The Morgan fingerprint density at radius 2 is 1.92 bits per heavy atom. The van der Waals surface area contributed by atoms with Crippen LogP contribution in [0.3, 0.4) is 0 Å². The van der Waals surface area contributed by atoms with Crippen LogP contribution in [0, 0.1) is 0 Å². The molecule has 0 aliphatic carbocycles. The largest absolute Gasteiger partial charge is 0.445 e. The maximum absolute atomic E-state index is 7.00. The number of aryl methyl sites for hydroxylation is 1. The summed E-state index contributed by atoms with van der Waals surface area (Å²) in [6, 6.07) is 7.99. The molecule has 0 amide bonds. The van der Waals surface area contributed by atoms with Crippen LogP contribution in [0.1, 0.15) is 12.0 Å². The van der Waals surface area contributed by atoms with Gasteiger partial charge in [-0.05, 0) is 24.1 Å². The molecule has 12 heavy (non-hydrogen) atoms. The van der Waals surface area contributed by atoms with Crippen LogP contribution in [0.4, 0.5) is 0 Å². The Bertz CT molecular complexity index is 220. The summed E-state index contributed by atoms with van der Waals surface area (Å²) < 4.78 is 5.01. The Balaban J connectivity index is 2.53. The Hall–Kier alpha value is -0.290. The second-order valence-electron chi connectivity index (χ2n) is 2.57. The van der Waals surface area contributed by atoms with Gasteiger partial charge in [0.15, 0.2) is 23.0 Å². The van der Waals surface area contributed by atoms with Gasteiger partial charge in [0.2, 0.25) is 0 Å². The van der Waals surface area contributed by atoms with Crippen molar-refractivity contribution in [3.05, 3.63) is 29.8 Å². The highest BCUT2D eigenvalue weighted by molar-refractivity contribution is 14.1. The fourth-order valence-corrected chi connectivity index (χ4v) is 1.29. The van der Waals surface area contributed by atoms with E-state index in [-0.39, 0.29) is 0 Å². The SMILES string of the molecule is [OH2+]CCCc1ccc(OI)cc1. The standard InChI is InChI=1S/C9H11IO2/c10-12-9-5-3-8(4-6-9)2-1-7-11/h3-6,11H,1-2,7H2/p+1. The summed E-state index contributed by atoms with van der Waals surface area (Å²) in [5, 5.41) is 7.00. The van der Waals surface area contributed by atoms with Gasteiger partial charge in [-0.2, -0.15) is 0 Å². The van der Waals surface area contributed by atoms with E-state index in [0.717, 1.165) is 18.6 Å². The van der Waals surface area contributed by atoms with Crippen molar-refractivity contribution >= 4 is 23.0 Å². The van der Waals surface area contributed by atoms with Gasteiger partial charge in [-0.25, -0.2) is 0 Å². The molecule has 0 aliphatic heterocycles. The van der Waals surface area contributed by atoms with Gasteiger partial charge in [-0.15, -0.1) is 0 Å². The summed E-state index contributed by atoms with van der Waals surface area (Å²) in [6.07, 6.45) is 1.93. The van der Waals surface area contributed by atoms with E-state index in [1.54, 1.807) is 0 Å². The second kappa shape index (κ2) is 5.37. The number of benzene rings is 1. The molecule has 0 atom stereocenters. The van der Waals surface area contributed by atoms with Gasteiger partial charge < -0.3 is 8.17 Å². The molecule has 0 radical (unpaired) electrons. The molecule has 0 aliphatic rings. The average molecular weight is 279 g/mol. The zero-order valence-electron chi connectivity index (χ0n) is 6.72. The van der Waals surface area contributed by atoms with Crippen molar-refractivity contribution in [3.8, 4) is 5.75 Å². The Morgan fingerprint density at radius 3 is 2.42 bits per heavy atom. The van der Waals surface area contributed by atoms with Crippen LogP contribution in [0.25, 0.3) is 0 Å². The lowest BCUT2D eigenvalue weighted by Gasteiger charge is -1.99. The molecular formula is C9H12IO2+. The molecule has 1 aromatic rings. The predicted octanol–water partition coefficient (Wildman–Crippen LogP) is 2.07. The van der Waals surface area contributed by atoms with Gasteiger partial charge in [0, 0.05) is 6.42 Å². The quantitative estimate of drug-likeness (QED) is 0.613. The molecule has 0 aromatic heterocycles. The molecule has 0 fully saturated rings. The molecule has 66 valence electrons. The van der Waals surface area contributed by atoms with Gasteiger partial charge in [0.05, 0.1) is 0 Å². The van der Waals surface area contributed by atoms with Crippen molar-refractivity contribution in [3.63, 3.8) is 0 Å². The Labute approximate surface area is 86.2 Å². The molecule has 0 unspecified atom stereocenters. The first-order chi connectivity index (χ1) is 5.86. The molecule has 1 rings (SSSR count). The predicted molar refractivity (Wildman–Crippen MR) is 57.9 cm³/mol. The Morgan fingerprint density at radius 1 is 1.25 bits per heavy atom. The fraction of sp³-hybridized carbons (Fsp3) is 0.333. The van der Waals surface area contributed by atoms with Crippen LogP contribution >= 0.6 is 23.0 Å². The van der Waals surface area contributed by atoms with Crippen molar-refractivity contribution in [1.82, 2.24) is 0 Å². The lowest BCUT2D eigenvalue weighted by molar-refractivity contribution is 0.288. The van der Waals surface area contributed by atoms with Gasteiger partial charge in [0.1, 0.15) is 12.4 Å². The number of hydrogen-bond acceptors (Lipinski definition) is 1. The minimum Gasteiger partial charge on any atom is -0.445 e. The van der Waals surface area contributed by atoms with Crippen molar-refractivity contribution in [1.29, 1.82) is 0 Å². The fourth-order valence-electron chi connectivity index (χ4n) is 1.00. The molecular weight excluding hydrogens is 267 g/mol. The van der Waals surface area contributed by atoms with Gasteiger partial charge in [-0.3, -0.25) is 0 Å². The molecule has 2 nitrogen and oxygen atoms in total. The van der Waals surface area contributed by atoms with Crippen LogP contribution < -0.4 is 3.07 Å². The minimum absolute atomic E-state index is 0.504. The van der Waals surface area contributed by atoms with E-state index >= 15 is 0 Å². The summed E-state index contributed by atoms with van der Waals surface area (Å²) in [5.41, 5.74) is 1.28. The second-order valence-corrected chi connectivity index (χ2v) is 3.02. The van der Waals surface area contributed by atoms with Gasteiger partial charge >= 0.3 is 0 Å². The molecule has 0 heterocycles. The van der Waals surface area contributed by atoms with E-state index in [9.17, 15) is 0 Å². The molecule has 0 saturated carbocycles. The topological polar surface area (TPSA) is 32.1 Å². The maximum Gasteiger partial charge on any atom is 0.192 e. The number of hydrogen-bond donors (Lipinski definition) is 0. The maximum atomic E-state index is 7.00. The monoisotopic (exact) mass is 279 g/mol. The van der Waals surface area contributed by atoms with Crippen LogP contribution in [-0.4, -0.2) is 11.7 Å². The Kier molecular flexibility index (Phi) is 4.39. The van der Waals surface area contributed by atoms with Crippen molar-refractivity contribution in [2.75, 3.05) is 6.61 Å². The van der Waals surface area contributed by atoms with Gasteiger partial charge in [-0.1, -0.05) is 12.1 Å². The van der Waals surface area contributed by atoms with E-state index in [4.69, 9.17) is 8.17 Å². The smallest absolute Gasteiger partial charge is 0.192 e. The molecule has 0 spiro atoms. The van der Waals surface area contributed by atoms with Gasteiger partial charge in [0.25, 0.3) is 0 Å². The van der Waals surface area contributed by atoms with Crippen LogP contribution in [0.2, 0.25) is 0 Å². The van der Waals surface area contributed by atoms with E-state index in [1.165, 1.54) is 5.56 Å². The minimum atomic E-state index is 0.504. The number of halogens is 1. The first-order valence-corrected chi connectivity index (χ1v) is 4.77. The highest BCUT2D eigenvalue weighted by Crippen LogP contribution is 2.14. The first kappa shape index (κ1) is 9.80. The highest BCUT2D eigenvalue weighted by Gasteiger charge is 1.94. The number of rotatable bonds is 4. The summed E-state index contributed by atoms with van der Waals surface area (Å²) in [6.45, 7) is 0.504. The molecule has 3 heteroatoms. The van der Waals surface area contributed by atoms with E-state index < -0.39 is 0 Å².